The molecular weight excluding hydrogens is 234 g/mol. The Balaban J connectivity index is 1.76. The molecule has 0 aliphatic carbocycles. The molecule has 0 aromatic heterocycles. The van der Waals surface area contributed by atoms with E-state index >= 15 is 0 Å². The average Bonchev–Trinajstić information content (AvgIpc) is 2.84. The van der Waals surface area contributed by atoms with Gasteiger partial charge in [0, 0.05) is 19.0 Å². The van der Waals surface area contributed by atoms with Gasteiger partial charge in [0.25, 0.3) is 0 Å². The standard InChI is InChI=1S/C17H27NO/c1-3-5-10-15(8-4-2)18-13-16-12-14-9-6-7-11-17(14)19-16/h6-7,9,11,15-16,18H,3-5,8,10,12-13H2,1-2H3. The first-order chi connectivity index (χ1) is 9.33. The molecule has 1 aliphatic heterocycles. The van der Waals surface area contributed by atoms with Gasteiger partial charge in [-0.1, -0.05) is 51.3 Å². The third-order valence-electron chi connectivity index (χ3n) is 3.89. The van der Waals surface area contributed by atoms with Gasteiger partial charge >= 0.3 is 0 Å². The van der Waals surface area contributed by atoms with E-state index in [1.165, 1.54) is 37.7 Å². The van der Waals surface area contributed by atoms with Crippen molar-refractivity contribution in [2.45, 2.75) is 64.5 Å². The highest BCUT2D eigenvalue weighted by Crippen LogP contribution is 2.27. The summed E-state index contributed by atoms with van der Waals surface area (Å²) in [6.07, 6.45) is 7.81. The Morgan fingerprint density at radius 1 is 1.21 bits per heavy atom. The molecular formula is C17H27NO. The molecule has 1 aromatic rings. The molecule has 0 radical (unpaired) electrons. The molecule has 2 nitrogen and oxygen atoms in total. The van der Waals surface area contributed by atoms with E-state index in [0.717, 1.165) is 18.7 Å². The number of para-hydroxylation sites is 1. The number of benzene rings is 1. The predicted octanol–water partition coefficient (Wildman–Crippen LogP) is 3.94. The minimum absolute atomic E-state index is 0.318. The van der Waals surface area contributed by atoms with Crippen molar-refractivity contribution in [2.75, 3.05) is 6.54 Å². The van der Waals surface area contributed by atoms with Gasteiger partial charge in [-0.15, -0.1) is 0 Å². The topological polar surface area (TPSA) is 21.3 Å². The monoisotopic (exact) mass is 261 g/mol. The molecule has 1 aromatic carbocycles. The van der Waals surface area contributed by atoms with E-state index in [4.69, 9.17) is 4.74 Å². The smallest absolute Gasteiger partial charge is 0.123 e. The summed E-state index contributed by atoms with van der Waals surface area (Å²) in [4.78, 5) is 0. The Morgan fingerprint density at radius 2 is 2.05 bits per heavy atom. The quantitative estimate of drug-likeness (QED) is 0.765. The van der Waals surface area contributed by atoms with Gasteiger partial charge in [0.1, 0.15) is 11.9 Å². The SMILES string of the molecule is CCCCC(CCC)NCC1Cc2ccccc2O1. The Labute approximate surface area is 117 Å². The van der Waals surface area contributed by atoms with Crippen molar-refractivity contribution in [2.24, 2.45) is 0 Å². The van der Waals surface area contributed by atoms with Crippen LogP contribution in [0.1, 0.15) is 51.5 Å². The summed E-state index contributed by atoms with van der Waals surface area (Å²) in [6, 6.07) is 9.07. The van der Waals surface area contributed by atoms with Crippen molar-refractivity contribution < 1.29 is 4.74 Å². The molecule has 0 fully saturated rings. The van der Waals surface area contributed by atoms with Crippen LogP contribution in [0, 0.1) is 0 Å². The maximum atomic E-state index is 5.98. The highest BCUT2D eigenvalue weighted by molar-refractivity contribution is 5.37. The molecule has 0 amide bonds. The molecule has 106 valence electrons. The van der Waals surface area contributed by atoms with Crippen LogP contribution in [0.25, 0.3) is 0 Å². The zero-order valence-corrected chi connectivity index (χ0v) is 12.3. The first-order valence-electron chi connectivity index (χ1n) is 7.81. The first-order valence-corrected chi connectivity index (χ1v) is 7.81. The number of ether oxygens (including phenoxy) is 1. The van der Waals surface area contributed by atoms with Crippen LogP contribution in [0.5, 0.6) is 5.75 Å². The third kappa shape index (κ3) is 4.24. The molecule has 2 unspecified atom stereocenters. The molecule has 2 atom stereocenters. The summed E-state index contributed by atoms with van der Waals surface area (Å²) in [5.74, 6) is 1.08. The predicted molar refractivity (Wildman–Crippen MR) is 80.8 cm³/mol. The Kier molecular flexibility index (Phi) is 5.71. The van der Waals surface area contributed by atoms with Gasteiger partial charge in [0.2, 0.25) is 0 Å². The zero-order valence-electron chi connectivity index (χ0n) is 12.3. The zero-order chi connectivity index (χ0) is 13.5. The van der Waals surface area contributed by atoms with Gasteiger partial charge in [-0.25, -0.2) is 0 Å². The number of unbranched alkanes of at least 4 members (excludes halogenated alkanes) is 1. The number of rotatable bonds is 8. The van der Waals surface area contributed by atoms with Crippen molar-refractivity contribution in [3.05, 3.63) is 29.8 Å². The Hall–Kier alpha value is -1.02. The number of nitrogens with one attached hydrogen (secondary N) is 1. The van der Waals surface area contributed by atoms with Crippen LogP contribution in [0.2, 0.25) is 0 Å². The fraction of sp³-hybridized carbons (Fsp3) is 0.647. The van der Waals surface area contributed by atoms with Gasteiger partial charge in [0.05, 0.1) is 0 Å². The lowest BCUT2D eigenvalue weighted by Gasteiger charge is -2.20. The molecule has 0 bridgehead atoms. The van der Waals surface area contributed by atoms with Crippen molar-refractivity contribution in [1.29, 1.82) is 0 Å². The minimum Gasteiger partial charge on any atom is -0.488 e. The summed E-state index contributed by atoms with van der Waals surface area (Å²) in [5.41, 5.74) is 1.36. The fourth-order valence-corrected chi connectivity index (χ4v) is 2.81. The highest BCUT2D eigenvalue weighted by Gasteiger charge is 2.22. The number of fused-ring (bicyclic) bond motifs is 1. The maximum Gasteiger partial charge on any atom is 0.123 e. The van der Waals surface area contributed by atoms with Crippen molar-refractivity contribution in [3.63, 3.8) is 0 Å². The first kappa shape index (κ1) is 14.4. The van der Waals surface area contributed by atoms with Gasteiger partial charge in [0.15, 0.2) is 0 Å². The lowest BCUT2D eigenvalue weighted by atomic mass is 10.0. The van der Waals surface area contributed by atoms with Gasteiger partial charge in [-0.05, 0) is 24.5 Å². The summed E-state index contributed by atoms with van der Waals surface area (Å²) >= 11 is 0. The summed E-state index contributed by atoms with van der Waals surface area (Å²) < 4.78 is 5.98. The van der Waals surface area contributed by atoms with E-state index in [0.29, 0.717) is 12.1 Å². The molecule has 0 saturated carbocycles. The second-order valence-corrected chi connectivity index (χ2v) is 5.59. The molecule has 1 N–H and O–H groups in total. The van der Waals surface area contributed by atoms with Gasteiger partial charge in [-0.3, -0.25) is 0 Å². The van der Waals surface area contributed by atoms with Crippen LogP contribution in [-0.2, 0) is 6.42 Å². The molecule has 1 aliphatic rings. The normalized spacial score (nSPS) is 18.9. The lowest BCUT2D eigenvalue weighted by Crippen LogP contribution is -2.37. The van der Waals surface area contributed by atoms with E-state index < -0.39 is 0 Å². The van der Waals surface area contributed by atoms with Gasteiger partial charge in [-0.2, -0.15) is 0 Å². The summed E-state index contributed by atoms with van der Waals surface area (Å²) in [7, 11) is 0. The highest BCUT2D eigenvalue weighted by atomic mass is 16.5. The van der Waals surface area contributed by atoms with Crippen molar-refractivity contribution in [3.8, 4) is 5.75 Å². The van der Waals surface area contributed by atoms with Crippen LogP contribution in [0.4, 0.5) is 0 Å². The van der Waals surface area contributed by atoms with E-state index in [2.05, 4.69) is 43.4 Å². The second-order valence-electron chi connectivity index (χ2n) is 5.59. The molecule has 0 spiro atoms. The van der Waals surface area contributed by atoms with Crippen molar-refractivity contribution in [1.82, 2.24) is 5.32 Å². The minimum atomic E-state index is 0.318. The van der Waals surface area contributed by atoms with Crippen LogP contribution >= 0.6 is 0 Å². The van der Waals surface area contributed by atoms with Crippen molar-refractivity contribution >= 4 is 0 Å². The van der Waals surface area contributed by atoms with E-state index in [1.54, 1.807) is 0 Å². The fourth-order valence-electron chi connectivity index (χ4n) is 2.81. The third-order valence-corrected chi connectivity index (χ3v) is 3.89. The Morgan fingerprint density at radius 3 is 2.79 bits per heavy atom. The van der Waals surface area contributed by atoms with E-state index in [9.17, 15) is 0 Å². The molecule has 2 rings (SSSR count). The Bertz CT molecular complexity index is 352. The number of hydrogen-bond donors (Lipinski definition) is 1. The summed E-state index contributed by atoms with van der Waals surface area (Å²) in [5, 5.41) is 3.71. The maximum absolute atomic E-state index is 5.98. The molecule has 0 saturated heterocycles. The lowest BCUT2D eigenvalue weighted by molar-refractivity contribution is 0.218. The van der Waals surface area contributed by atoms with Crippen LogP contribution in [0.15, 0.2) is 24.3 Å². The summed E-state index contributed by atoms with van der Waals surface area (Å²) in [6.45, 7) is 5.51. The molecule has 19 heavy (non-hydrogen) atoms. The van der Waals surface area contributed by atoms with E-state index in [-0.39, 0.29) is 0 Å². The number of hydrogen-bond acceptors (Lipinski definition) is 2. The largest absolute Gasteiger partial charge is 0.488 e. The van der Waals surface area contributed by atoms with Crippen LogP contribution in [0.3, 0.4) is 0 Å². The van der Waals surface area contributed by atoms with Crippen LogP contribution in [-0.4, -0.2) is 18.7 Å². The van der Waals surface area contributed by atoms with E-state index in [1.807, 2.05) is 0 Å². The molecule has 1 heterocycles. The molecule has 2 heteroatoms. The van der Waals surface area contributed by atoms with Crippen LogP contribution < -0.4 is 10.1 Å². The van der Waals surface area contributed by atoms with Gasteiger partial charge < -0.3 is 10.1 Å². The average molecular weight is 261 g/mol. The second kappa shape index (κ2) is 7.54.